The van der Waals surface area contributed by atoms with Gasteiger partial charge in [-0.2, -0.15) is 0 Å². The normalized spacial score (nSPS) is 14.0. The van der Waals surface area contributed by atoms with Crippen molar-refractivity contribution in [3.8, 4) is 5.75 Å². The summed E-state index contributed by atoms with van der Waals surface area (Å²) >= 11 is 9.11. The van der Waals surface area contributed by atoms with Gasteiger partial charge in [0.15, 0.2) is 5.11 Å². The molecule has 0 aromatic heterocycles. The quantitative estimate of drug-likeness (QED) is 0.227. The first-order chi connectivity index (χ1) is 16.0. The summed E-state index contributed by atoms with van der Waals surface area (Å²) in [5, 5.41) is 0.108. The Morgan fingerprint density at radius 2 is 1.42 bits per heavy atom. The smallest absolute Gasteiger partial charge is 0.270 e. The first kappa shape index (κ1) is 22.9. The van der Waals surface area contributed by atoms with E-state index in [1.165, 1.54) is 9.80 Å². The summed E-state index contributed by atoms with van der Waals surface area (Å²) in [5.74, 6) is -0.367. The highest BCUT2D eigenvalue weighted by Gasteiger charge is 2.41. The number of para-hydroxylation sites is 2. The van der Waals surface area contributed by atoms with Crippen molar-refractivity contribution >= 4 is 62.5 Å². The molecule has 3 aromatic rings. The molecule has 1 fully saturated rings. The number of thiocarbonyl (C=S) groups is 1. The lowest BCUT2D eigenvalue weighted by Crippen LogP contribution is -2.56. The number of carbonyl (C=O) groups excluding carboxylic acids is 2. The molecule has 33 heavy (non-hydrogen) atoms. The molecule has 4 rings (SSSR count). The Morgan fingerprint density at radius 3 is 1.94 bits per heavy atom. The van der Waals surface area contributed by atoms with E-state index >= 15 is 0 Å². The van der Waals surface area contributed by atoms with Crippen molar-refractivity contribution in [1.29, 1.82) is 0 Å². The first-order valence-electron chi connectivity index (χ1n) is 10.5. The van der Waals surface area contributed by atoms with Crippen molar-refractivity contribution < 1.29 is 14.3 Å². The van der Waals surface area contributed by atoms with Gasteiger partial charge in [0.25, 0.3) is 11.8 Å². The maximum absolute atomic E-state index is 13.6. The largest absolute Gasteiger partial charge is 0.493 e. The van der Waals surface area contributed by atoms with Crippen LogP contribution in [0.2, 0.25) is 0 Å². The minimum atomic E-state index is -0.482. The van der Waals surface area contributed by atoms with Gasteiger partial charge in [-0.05, 0) is 67.2 Å². The lowest BCUT2D eigenvalue weighted by molar-refractivity contribution is -0.120. The van der Waals surface area contributed by atoms with Gasteiger partial charge in [0.2, 0.25) is 0 Å². The summed E-state index contributed by atoms with van der Waals surface area (Å²) in [6, 6.07) is 23.7. The fraction of sp³-hybridized carbons (Fsp3) is 0.115. The van der Waals surface area contributed by atoms with E-state index in [9.17, 15) is 9.59 Å². The lowest BCUT2D eigenvalue weighted by Gasteiger charge is -2.36. The molecule has 5 nitrogen and oxygen atoms in total. The monoisotopic (exact) mass is 520 g/mol. The van der Waals surface area contributed by atoms with Crippen molar-refractivity contribution in [2.45, 2.75) is 13.3 Å². The number of amides is 2. The lowest BCUT2D eigenvalue weighted by atomic mass is 10.0. The third-order valence-electron chi connectivity index (χ3n) is 5.01. The molecule has 0 unspecified atom stereocenters. The van der Waals surface area contributed by atoms with Crippen molar-refractivity contribution in [2.24, 2.45) is 0 Å². The Labute approximate surface area is 206 Å². The van der Waals surface area contributed by atoms with Crippen LogP contribution in [0.3, 0.4) is 0 Å². The molecule has 1 saturated heterocycles. The van der Waals surface area contributed by atoms with Crippen molar-refractivity contribution in [1.82, 2.24) is 0 Å². The van der Waals surface area contributed by atoms with Crippen LogP contribution in [-0.2, 0) is 9.59 Å². The summed E-state index contributed by atoms with van der Waals surface area (Å²) in [4.78, 5) is 30.0. The predicted octanol–water partition coefficient (Wildman–Crippen LogP) is 5.99. The second-order valence-corrected chi connectivity index (χ2v) is 8.60. The Morgan fingerprint density at radius 1 is 0.879 bits per heavy atom. The Balaban J connectivity index is 1.87. The standard InChI is InChI=1S/C26H21BrN2O3S/c1-2-15-32-23-14-13-19(27)16-18(23)17-22-24(30)28(20-9-5-3-6-10-20)26(33)29(25(22)31)21-11-7-4-8-12-21/h3-14,16-17H,2,15H2,1H3. The van der Waals surface area contributed by atoms with Gasteiger partial charge in [-0.1, -0.05) is 59.3 Å². The first-order valence-corrected chi connectivity index (χ1v) is 11.7. The topological polar surface area (TPSA) is 49.9 Å². The number of hydrogen-bond acceptors (Lipinski definition) is 4. The molecule has 0 aliphatic carbocycles. The maximum Gasteiger partial charge on any atom is 0.270 e. The van der Waals surface area contributed by atoms with E-state index in [1.54, 1.807) is 30.3 Å². The van der Waals surface area contributed by atoms with Gasteiger partial charge in [-0.3, -0.25) is 19.4 Å². The Hall–Kier alpha value is -3.29. The average molecular weight is 521 g/mol. The van der Waals surface area contributed by atoms with Gasteiger partial charge < -0.3 is 4.74 Å². The molecule has 1 aliphatic heterocycles. The molecule has 0 bridgehead atoms. The third kappa shape index (κ3) is 4.74. The van der Waals surface area contributed by atoms with Gasteiger partial charge in [0.1, 0.15) is 11.3 Å². The van der Waals surface area contributed by atoms with Crippen LogP contribution in [0.25, 0.3) is 6.08 Å². The highest BCUT2D eigenvalue weighted by molar-refractivity contribution is 9.10. The number of ether oxygens (including phenoxy) is 1. The second-order valence-electron chi connectivity index (χ2n) is 7.32. The third-order valence-corrected chi connectivity index (χ3v) is 5.87. The van der Waals surface area contributed by atoms with E-state index in [-0.39, 0.29) is 10.7 Å². The van der Waals surface area contributed by atoms with Crippen LogP contribution in [0.15, 0.2) is 88.9 Å². The molecule has 0 atom stereocenters. The summed E-state index contributed by atoms with van der Waals surface area (Å²) in [6.07, 6.45) is 2.41. The van der Waals surface area contributed by atoms with E-state index in [1.807, 2.05) is 61.5 Å². The minimum absolute atomic E-state index is 0.00393. The highest BCUT2D eigenvalue weighted by atomic mass is 79.9. The van der Waals surface area contributed by atoms with Crippen LogP contribution in [0.4, 0.5) is 11.4 Å². The molecular weight excluding hydrogens is 500 g/mol. The average Bonchev–Trinajstić information content (AvgIpc) is 2.83. The van der Waals surface area contributed by atoms with Crippen LogP contribution in [0, 0.1) is 0 Å². The molecule has 0 radical (unpaired) electrons. The molecule has 0 spiro atoms. The molecule has 7 heteroatoms. The van der Waals surface area contributed by atoms with E-state index in [4.69, 9.17) is 17.0 Å². The van der Waals surface area contributed by atoms with E-state index in [2.05, 4.69) is 15.9 Å². The number of rotatable bonds is 6. The van der Waals surface area contributed by atoms with Crippen LogP contribution < -0.4 is 14.5 Å². The molecule has 3 aromatic carbocycles. The molecule has 2 amide bonds. The summed E-state index contributed by atoms with van der Waals surface area (Å²) in [7, 11) is 0. The zero-order valence-electron chi connectivity index (χ0n) is 17.9. The molecule has 0 saturated carbocycles. The molecule has 1 heterocycles. The van der Waals surface area contributed by atoms with Gasteiger partial charge in [-0.25, -0.2) is 0 Å². The van der Waals surface area contributed by atoms with Crippen molar-refractivity contribution in [3.63, 3.8) is 0 Å². The van der Waals surface area contributed by atoms with Gasteiger partial charge in [0.05, 0.1) is 18.0 Å². The Kier molecular flexibility index (Phi) is 7.01. The Bertz CT molecular complexity index is 1170. The predicted molar refractivity (Wildman–Crippen MR) is 138 cm³/mol. The van der Waals surface area contributed by atoms with E-state index in [0.717, 1.165) is 10.9 Å². The van der Waals surface area contributed by atoms with Crippen LogP contribution >= 0.6 is 28.1 Å². The van der Waals surface area contributed by atoms with Crippen molar-refractivity contribution in [2.75, 3.05) is 16.4 Å². The molecule has 166 valence electrons. The fourth-order valence-electron chi connectivity index (χ4n) is 3.47. The number of anilines is 2. The van der Waals surface area contributed by atoms with Gasteiger partial charge in [-0.15, -0.1) is 0 Å². The number of halogens is 1. The van der Waals surface area contributed by atoms with Gasteiger partial charge >= 0.3 is 0 Å². The summed E-state index contributed by atoms with van der Waals surface area (Å²) in [6.45, 7) is 2.54. The SMILES string of the molecule is CCCOc1ccc(Br)cc1C=C1C(=O)N(c2ccccc2)C(=S)N(c2ccccc2)C1=O. The van der Waals surface area contributed by atoms with Gasteiger partial charge in [0, 0.05) is 10.0 Å². The van der Waals surface area contributed by atoms with Crippen LogP contribution in [-0.4, -0.2) is 23.5 Å². The zero-order valence-corrected chi connectivity index (χ0v) is 20.3. The number of nitrogens with zero attached hydrogens (tertiary/aromatic N) is 2. The molecule has 0 N–H and O–H groups in total. The maximum atomic E-state index is 13.6. The molecular formula is C26H21BrN2O3S. The summed E-state index contributed by atoms with van der Waals surface area (Å²) in [5.41, 5.74) is 1.80. The van der Waals surface area contributed by atoms with E-state index in [0.29, 0.717) is 29.3 Å². The highest BCUT2D eigenvalue weighted by Crippen LogP contribution is 2.32. The van der Waals surface area contributed by atoms with Crippen LogP contribution in [0.5, 0.6) is 5.75 Å². The number of carbonyl (C=O) groups is 2. The zero-order chi connectivity index (χ0) is 23.4. The minimum Gasteiger partial charge on any atom is -0.493 e. The van der Waals surface area contributed by atoms with Crippen LogP contribution in [0.1, 0.15) is 18.9 Å². The van der Waals surface area contributed by atoms with E-state index < -0.39 is 11.8 Å². The number of benzene rings is 3. The summed E-state index contributed by atoms with van der Waals surface area (Å²) < 4.78 is 6.67. The van der Waals surface area contributed by atoms with Crippen molar-refractivity contribution in [3.05, 3.63) is 94.5 Å². The second kappa shape index (κ2) is 10.1. The number of hydrogen-bond donors (Lipinski definition) is 0. The molecule has 1 aliphatic rings. The fourth-order valence-corrected chi connectivity index (χ4v) is 4.23.